The van der Waals surface area contributed by atoms with Gasteiger partial charge in [-0.25, -0.2) is 14.4 Å². The fraction of sp³-hybridized carbons (Fsp3) is 0.567. The molecule has 0 amide bonds. The van der Waals surface area contributed by atoms with Crippen molar-refractivity contribution in [3.05, 3.63) is 60.8 Å². The molecule has 0 N–H and O–H groups in total. The van der Waals surface area contributed by atoms with Crippen molar-refractivity contribution < 1.29 is 42.8 Å². The van der Waals surface area contributed by atoms with Crippen LogP contribution in [0.1, 0.15) is 59.3 Å². The number of rotatable bonds is 4. The molecule has 0 radical (unpaired) electrons. The van der Waals surface area contributed by atoms with Gasteiger partial charge < -0.3 is 28.4 Å². The molecule has 2 aliphatic carbocycles. The molecule has 9 heteroatoms. The quantitative estimate of drug-likeness (QED) is 0.159. The second kappa shape index (κ2) is 16.5. The van der Waals surface area contributed by atoms with Crippen LogP contribution in [-0.4, -0.2) is 56.6 Å². The van der Waals surface area contributed by atoms with Crippen molar-refractivity contribution in [2.24, 2.45) is 11.8 Å². The lowest BCUT2D eigenvalue weighted by Gasteiger charge is -2.23. The van der Waals surface area contributed by atoms with Crippen LogP contribution >= 0.6 is 0 Å². The van der Waals surface area contributed by atoms with Crippen LogP contribution in [0.15, 0.2) is 60.8 Å². The molecule has 3 fully saturated rings. The summed E-state index contributed by atoms with van der Waals surface area (Å²) in [6.07, 6.45) is 12.4. The van der Waals surface area contributed by atoms with E-state index in [9.17, 15) is 14.4 Å². The van der Waals surface area contributed by atoms with E-state index in [1.165, 1.54) is 17.2 Å². The van der Waals surface area contributed by atoms with Gasteiger partial charge in [-0.05, 0) is 65.4 Å². The molecule has 5 aliphatic rings. The van der Waals surface area contributed by atoms with Gasteiger partial charge in [-0.3, -0.25) is 0 Å². The SMILES string of the molecule is C=CC(=C)C.C=CC1COC(=O)O1.CC1=CCC(C2COC(=O)O2)CC1.CC1=CCCC(C2COC(=O)O2)C1. The van der Waals surface area contributed by atoms with Gasteiger partial charge in [-0.15, -0.1) is 0 Å². The van der Waals surface area contributed by atoms with Crippen molar-refractivity contribution in [1.82, 2.24) is 0 Å². The van der Waals surface area contributed by atoms with E-state index in [0.717, 1.165) is 44.1 Å². The van der Waals surface area contributed by atoms with E-state index in [-0.39, 0.29) is 18.3 Å². The van der Waals surface area contributed by atoms with E-state index in [4.69, 9.17) is 18.9 Å². The molecule has 3 aliphatic heterocycles. The molecule has 0 aromatic heterocycles. The number of cyclic esters (lactones) is 6. The Kier molecular flexibility index (Phi) is 13.4. The predicted molar refractivity (Wildman–Crippen MR) is 146 cm³/mol. The minimum Gasteiger partial charge on any atom is -0.430 e. The molecule has 5 atom stereocenters. The first-order chi connectivity index (χ1) is 18.6. The van der Waals surface area contributed by atoms with Gasteiger partial charge in [-0.2, -0.15) is 0 Å². The van der Waals surface area contributed by atoms with Crippen LogP contribution in [0.5, 0.6) is 0 Å². The van der Waals surface area contributed by atoms with Crippen molar-refractivity contribution in [2.45, 2.75) is 77.6 Å². The molecule has 5 unspecified atom stereocenters. The highest BCUT2D eigenvalue weighted by atomic mass is 16.8. The van der Waals surface area contributed by atoms with Gasteiger partial charge in [0.05, 0.1) is 0 Å². The molecule has 5 rings (SSSR count). The second-order valence-electron chi connectivity index (χ2n) is 10.1. The zero-order valence-corrected chi connectivity index (χ0v) is 23.4. The van der Waals surface area contributed by atoms with Gasteiger partial charge in [0, 0.05) is 11.8 Å². The maximum atomic E-state index is 10.7. The Balaban J connectivity index is 0.000000194. The lowest BCUT2D eigenvalue weighted by atomic mass is 9.86. The summed E-state index contributed by atoms with van der Waals surface area (Å²) in [5.41, 5.74) is 3.87. The standard InChI is InChI=1S/2C10H14O3.C5H6O3.C5H8/c1-7-2-4-8(5-3-7)9-6-12-10(11)13-9;1-7-3-2-4-8(5-7)9-6-12-10(11)13-9;1-2-4-3-7-5(6)8-4;1-4-5(2)3/h2,8-9H,3-6H2,1H3;3,8-9H,2,4-6H2,1H3;2,4H,1,3H2;4H,1-2H2,3H3. The Morgan fingerprint density at radius 1 is 0.821 bits per heavy atom. The van der Waals surface area contributed by atoms with E-state index >= 15 is 0 Å². The van der Waals surface area contributed by atoms with Gasteiger partial charge in [0.25, 0.3) is 0 Å². The van der Waals surface area contributed by atoms with E-state index in [0.29, 0.717) is 31.7 Å². The van der Waals surface area contributed by atoms with Crippen molar-refractivity contribution in [1.29, 1.82) is 0 Å². The first kappa shape index (κ1) is 31.7. The number of carbonyl (C=O) groups is 3. The molecule has 9 nitrogen and oxygen atoms in total. The number of allylic oxidation sites excluding steroid dienone is 6. The minimum absolute atomic E-state index is 0.00292. The number of hydrogen-bond acceptors (Lipinski definition) is 9. The Morgan fingerprint density at radius 2 is 1.38 bits per heavy atom. The average molecular weight is 547 g/mol. The highest BCUT2D eigenvalue weighted by molar-refractivity contribution is 5.62. The van der Waals surface area contributed by atoms with Gasteiger partial charge in [0.1, 0.15) is 32.0 Å². The summed E-state index contributed by atoms with van der Waals surface area (Å²) in [5.74, 6) is 0.937. The summed E-state index contributed by atoms with van der Waals surface area (Å²) in [6, 6.07) is 0. The monoisotopic (exact) mass is 546 g/mol. The third-order valence-corrected chi connectivity index (χ3v) is 6.80. The molecule has 39 heavy (non-hydrogen) atoms. The summed E-state index contributed by atoms with van der Waals surface area (Å²) in [7, 11) is 0. The van der Waals surface area contributed by atoms with Crippen molar-refractivity contribution >= 4 is 18.5 Å². The van der Waals surface area contributed by atoms with Gasteiger partial charge in [0.2, 0.25) is 0 Å². The summed E-state index contributed by atoms with van der Waals surface area (Å²) in [5, 5.41) is 0. The largest absolute Gasteiger partial charge is 0.509 e. The first-order valence-corrected chi connectivity index (χ1v) is 13.3. The van der Waals surface area contributed by atoms with Crippen molar-refractivity contribution in [3.63, 3.8) is 0 Å². The zero-order chi connectivity index (χ0) is 28.8. The fourth-order valence-electron chi connectivity index (χ4n) is 4.39. The van der Waals surface area contributed by atoms with Crippen LogP contribution in [0.3, 0.4) is 0 Å². The Hall–Kier alpha value is -3.49. The molecule has 3 saturated heterocycles. The number of hydrogen-bond donors (Lipinski definition) is 0. The second-order valence-corrected chi connectivity index (χ2v) is 10.1. The molecular formula is C30H42O9. The Labute approximate surface area is 231 Å². The average Bonchev–Trinajstić information content (AvgIpc) is 3.67. The maximum absolute atomic E-state index is 10.7. The van der Waals surface area contributed by atoms with Gasteiger partial charge >= 0.3 is 18.5 Å². The zero-order valence-electron chi connectivity index (χ0n) is 23.4. The minimum atomic E-state index is -0.602. The van der Waals surface area contributed by atoms with Crippen LogP contribution in [0.2, 0.25) is 0 Å². The predicted octanol–water partition coefficient (Wildman–Crippen LogP) is 6.99. The summed E-state index contributed by atoms with van der Waals surface area (Å²) in [4.78, 5) is 31.5. The molecular weight excluding hydrogens is 504 g/mol. The summed E-state index contributed by atoms with van der Waals surface area (Å²) >= 11 is 0. The van der Waals surface area contributed by atoms with Crippen LogP contribution in [-0.2, 0) is 28.4 Å². The first-order valence-electron chi connectivity index (χ1n) is 13.3. The lowest BCUT2D eigenvalue weighted by Crippen LogP contribution is -2.24. The highest BCUT2D eigenvalue weighted by Crippen LogP contribution is 2.31. The maximum Gasteiger partial charge on any atom is 0.509 e. The molecule has 0 spiro atoms. The molecule has 0 saturated carbocycles. The lowest BCUT2D eigenvalue weighted by molar-refractivity contribution is 0.0936. The van der Waals surface area contributed by atoms with Crippen LogP contribution in [0, 0.1) is 11.8 Å². The van der Waals surface area contributed by atoms with Crippen LogP contribution in [0.25, 0.3) is 0 Å². The Morgan fingerprint density at radius 3 is 1.77 bits per heavy atom. The number of ether oxygens (including phenoxy) is 6. The van der Waals surface area contributed by atoms with E-state index in [1.807, 2.05) is 6.92 Å². The fourth-order valence-corrected chi connectivity index (χ4v) is 4.39. The van der Waals surface area contributed by atoms with Gasteiger partial charge in [-0.1, -0.05) is 54.7 Å². The highest BCUT2D eigenvalue weighted by Gasteiger charge is 2.34. The van der Waals surface area contributed by atoms with E-state index < -0.39 is 18.5 Å². The van der Waals surface area contributed by atoms with E-state index in [1.54, 1.807) is 6.08 Å². The van der Waals surface area contributed by atoms with Crippen molar-refractivity contribution in [3.8, 4) is 0 Å². The topological polar surface area (TPSA) is 107 Å². The van der Waals surface area contributed by atoms with Crippen LogP contribution in [0.4, 0.5) is 14.4 Å². The molecule has 0 aromatic carbocycles. The number of carbonyl (C=O) groups excluding carboxylic acids is 3. The van der Waals surface area contributed by atoms with Crippen molar-refractivity contribution in [2.75, 3.05) is 19.8 Å². The van der Waals surface area contributed by atoms with Crippen LogP contribution < -0.4 is 0 Å². The van der Waals surface area contributed by atoms with E-state index in [2.05, 4.69) is 55.2 Å². The molecule has 3 heterocycles. The summed E-state index contributed by atoms with van der Waals surface area (Å²) < 4.78 is 28.6. The molecule has 0 bridgehead atoms. The third kappa shape index (κ3) is 11.8. The normalized spacial score (nSPS) is 28.7. The Bertz CT molecular complexity index is 948. The van der Waals surface area contributed by atoms with Gasteiger partial charge in [0.15, 0.2) is 6.10 Å². The third-order valence-electron chi connectivity index (χ3n) is 6.80. The molecule has 216 valence electrons. The summed E-state index contributed by atoms with van der Waals surface area (Å²) in [6.45, 7) is 17.8. The smallest absolute Gasteiger partial charge is 0.430 e. The molecule has 0 aromatic rings.